The van der Waals surface area contributed by atoms with E-state index in [9.17, 15) is 9.59 Å². The second-order valence-corrected chi connectivity index (χ2v) is 3.31. The first-order valence-corrected chi connectivity index (χ1v) is 5.36. The van der Waals surface area contributed by atoms with Crippen LogP contribution in [0.2, 0.25) is 0 Å². The van der Waals surface area contributed by atoms with Gasteiger partial charge in [0.15, 0.2) is 0 Å². The van der Waals surface area contributed by atoms with Gasteiger partial charge in [-0.3, -0.25) is 4.79 Å². The average molecular weight is 247 g/mol. The number of nitrogens with zero attached hydrogens (tertiary/aromatic N) is 1. The van der Waals surface area contributed by atoms with Crippen LogP contribution in [0.3, 0.4) is 0 Å². The van der Waals surface area contributed by atoms with Crippen molar-refractivity contribution in [1.82, 2.24) is 5.32 Å². The maximum atomic E-state index is 11.4. The van der Waals surface area contributed by atoms with E-state index in [-0.39, 0.29) is 13.2 Å². The number of urea groups is 1. The summed E-state index contributed by atoms with van der Waals surface area (Å²) in [6.07, 6.45) is 0. The van der Waals surface area contributed by atoms with Crippen molar-refractivity contribution in [3.8, 4) is 6.07 Å². The number of nitrogens with one attached hydrogen (secondary N) is 2. The van der Waals surface area contributed by atoms with Crippen LogP contribution >= 0.6 is 0 Å². The summed E-state index contributed by atoms with van der Waals surface area (Å²) in [5.74, 6) is -0.501. The SMILES string of the molecule is CCOC(=O)CNC(=O)Nc1cccc(C#N)c1. The molecule has 0 aliphatic rings. The van der Waals surface area contributed by atoms with Gasteiger partial charge in [-0.2, -0.15) is 5.26 Å². The summed E-state index contributed by atoms with van der Waals surface area (Å²) in [4.78, 5) is 22.4. The van der Waals surface area contributed by atoms with E-state index >= 15 is 0 Å². The minimum absolute atomic E-state index is 0.197. The molecule has 6 nitrogen and oxygen atoms in total. The first-order chi connectivity index (χ1) is 8.65. The van der Waals surface area contributed by atoms with Crippen molar-refractivity contribution in [2.75, 3.05) is 18.5 Å². The second-order valence-electron chi connectivity index (χ2n) is 3.31. The standard InChI is InChI=1S/C12H13N3O3/c1-2-18-11(16)8-14-12(17)15-10-5-3-4-9(6-10)7-13/h3-6H,2,8H2,1H3,(H2,14,15,17). The summed E-state index contributed by atoms with van der Waals surface area (Å²) in [5.41, 5.74) is 0.925. The van der Waals surface area contributed by atoms with Gasteiger partial charge in [-0.1, -0.05) is 6.07 Å². The predicted molar refractivity (Wildman–Crippen MR) is 64.8 cm³/mol. The van der Waals surface area contributed by atoms with Gasteiger partial charge in [0.25, 0.3) is 0 Å². The minimum Gasteiger partial charge on any atom is -0.465 e. The van der Waals surface area contributed by atoms with E-state index in [2.05, 4.69) is 15.4 Å². The van der Waals surface area contributed by atoms with Gasteiger partial charge >= 0.3 is 12.0 Å². The lowest BCUT2D eigenvalue weighted by atomic mass is 10.2. The summed E-state index contributed by atoms with van der Waals surface area (Å²) in [7, 11) is 0. The second kappa shape index (κ2) is 6.91. The first-order valence-electron chi connectivity index (χ1n) is 5.36. The van der Waals surface area contributed by atoms with E-state index in [1.165, 1.54) is 6.07 Å². The number of rotatable bonds is 4. The van der Waals surface area contributed by atoms with E-state index in [1.807, 2.05) is 6.07 Å². The molecule has 18 heavy (non-hydrogen) atoms. The van der Waals surface area contributed by atoms with E-state index in [1.54, 1.807) is 25.1 Å². The largest absolute Gasteiger partial charge is 0.465 e. The molecule has 0 saturated carbocycles. The fraction of sp³-hybridized carbons (Fsp3) is 0.250. The number of hydrogen-bond acceptors (Lipinski definition) is 4. The molecule has 1 aromatic carbocycles. The zero-order valence-corrected chi connectivity index (χ0v) is 9.90. The van der Waals surface area contributed by atoms with Crippen LogP contribution in [0.15, 0.2) is 24.3 Å². The molecule has 0 fully saturated rings. The average Bonchev–Trinajstić information content (AvgIpc) is 2.37. The van der Waals surface area contributed by atoms with E-state index in [4.69, 9.17) is 5.26 Å². The molecule has 6 heteroatoms. The third kappa shape index (κ3) is 4.53. The predicted octanol–water partition coefficient (Wildman–Crippen LogP) is 1.24. The van der Waals surface area contributed by atoms with E-state index < -0.39 is 12.0 Å². The molecule has 2 amide bonds. The van der Waals surface area contributed by atoms with Crippen LogP contribution in [0, 0.1) is 11.3 Å². The lowest BCUT2D eigenvalue weighted by molar-refractivity contribution is -0.141. The molecule has 0 unspecified atom stereocenters. The summed E-state index contributed by atoms with van der Waals surface area (Å²) in [6, 6.07) is 7.89. The molecule has 0 atom stereocenters. The molecule has 1 aromatic rings. The summed E-state index contributed by atoms with van der Waals surface area (Å²) < 4.78 is 4.65. The van der Waals surface area contributed by atoms with Crippen LogP contribution in [0.25, 0.3) is 0 Å². The Kier molecular flexibility index (Phi) is 5.19. The topological polar surface area (TPSA) is 91.2 Å². The third-order valence-corrected chi connectivity index (χ3v) is 1.95. The van der Waals surface area contributed by atoms with Crippen LogP contribution < -0.4 is 10.6 Å². The Labute approximate surface area is 105 Å². The lowest BCUT2D eigenvalue weighted by Crippen LogP contribution is -2.34. The molecule has 0 heterocycles. The van der Waals surface area contributed by atoms with Crippen LogP contribution in [0.1, 0.15) is 12.5 Å². The maximum Gasteiger partial charge on any atom is 0.325 e. The van der Waals surface area contributed by atoms with Crippen molar-refractivity contribution in [2.45, 2.75) is 6.92 Å². The number of ether oxygens (including phenoxy) is 1. The summed E-state index contributed by atoms with van der Waals surface area (Å²) >= 11 is 0. The number of carbonyl (C=O) groups is 2. The van der Waals surface area contributed by atoms with Gasteiger partial charge in [0.2, 0.25) is 0 Å². The molecule has 0 aliphatic carbocycles. The monoisotopic (exact) mass is 247 g/mol. The highest BCUT2D eigenvalue weighted by atomic mass is 16.5. The fourth-order valence-electron chi connectivity index (χ4n) is 1.21. The van der Waals surface area contributed by atoms with Crippen LogP contribution in [0.4, 0.5) is 10.5 Å². The van der Waals surface area contributed by atoms with Crippen LogP contribution in [-0.4, -0.2) is 25.2 Å². The Bertz CT molecular complexity index is 480. The van der Waals surface area contributed by atoms with Gasteiger partial charge in [0.1, 0.15) is 6.54 Å². The number of hydrogen-bond donors (Lipinski definition) is 2. The number of nitriles is 1. The molecule has 0 saturated heterocycles. The number of anilines is 1. The smallest absolute Gasteiger partial charge is 0.325 e. The van der Waals surface area contributed by atoms with Crippen LogP contribution in [0.5, 0.6) is 0 Å². The molecule has 94 valence electrons. The maximum absolute atomic E-state index is 11.4. The van der Waals surface area contributed by atoms with E-state index in [0.29, 0.717) is 11.3 Å². The minimum atomic E-state index is -0.529. The molecule has 2 N–H and O–H groups in total. The van der Waals surface area contributed by atoms with Crippen molar-refractivity contribution in [3.05, 3.63) is 29.8 Å². The first kappa shape index (κ1) is 13.5. The normalized spacial score (nSPS) is 9.11. The Hall–Kier alpha value is -2.55. The van der Waals surface area contributed by atoms with Crippen molar-refractivity contribution < 1.29 is 14.3 Å². The van der Waals surface area contributed by atoms with Crippen molar-refractivity contribution in [1.29, 1.82) is 5.26 Å². The zero-order chi connectivity index (χ0) is 13.4. The van der Waals surface area contributed by atoms with Gasteiger partial charge in [-0.05, 0) is 25.1 Å². The number of carbonyl (C=O) groups excluding carboxylic acids is 2. The van der Waals surface area contributed by atoms with E-state index in [0.717, 1.165) is 0 Å². The highest BCUT2D eigenvalue weighted by Gasteiger charge is 2.06. The zero-order valence-electron chi connectivity index (χ0n) is 9.90. The molecular formula is C12H13N3O3. The lowest BCUT2D eigenvalue weighted by Gasteiger charge is -2.07. The number of amides is 2. The molecular weight excluding hydrogens is 234 g/mol. The van der Waals surface area contributed by atoms with Gasteiger partial charge < -0.3 is 15.4 Å². The van der Waals surface area contributed by atoms with Crippen molar-refractivity contribution in [2.24, 2.45) is 0 Å². The molecule has 0 bridgehead atoms. The highest BCUT2D eigenvalue weighted by molar-refractivity contribution is 5.91. The quantitative estimate of drug-likeness (QED) is 0.783. The Morgan fingerprint density at radius 2 is 2.22 bits per heavy atom. The Balaban J connectivity index is 2.45. The summed E-state index contributed by atoms with van der Waals surface area (Å²) in [5, 5.41) is 13.5. The Morgan fingerprint density at radius 1 is 1.44 bits per heavy atom. The van der Waals surface area contributed by atoms with Gasteiger partial charge in [-0.15, -0.1) is 0 Å². The molecule has 0 aliphatic heterocycles. The number of esters is 1. The fourth-order valence-corrected chi connectivity index (χ4v) is 1.21. The van der Waals surface area contributed by atoms with Crippen LogP contribution in [-0.2, 0) is 9.53 Å². The third-order valence-electron chi connectivity index (χ3n) is 1.95. The molecule has 0 spiro atoms. The van der Waals surface area contributed by atoms with Gasteiger partial charge in [-0.25, -0.2) is 4.79 Å². The van der Waals surface area contributed by atoms with Crippen molar-refractivity contribution in [3.63, 3.8) is 0 Å². The number of benzene rings is 1. The summed E-state index contributed by atoms with van der Waals surface area (Å²) in [6.45, 7) is 1.76. The molecule has 0 radical (unpaired) electrons. The Morgan fingerprint density at radius 3 is 2.89 bits per heavy atom. The van der Waals surface area contributed by atoms with Crippen molar-refractivity contribution >= 4 is 17.7 Å². The molecule has 1 rings (SSSR count). The van der Waals surface area contributed by atoms with Gasteiger partial charge in [0, 0.05) is 5.69 Å². The highest BCUT2D eigenvalue weighted by Crippen LogP contribution is 2.09. The molecule has 0 aromatic heterocycles. The van der Waals surface area contributed by atoms with Gasteiger partial charge in [0.05, 0.1) is 18.2 Å².